The first-order chi connectivity index (χ1) is 7.61. The molecule has 0 saturated carbocycles. The van der Waals surface area contributed by atoms with E-state index in [9.17, 15) is 4.79 Å². The van der Waals surface area contributed by atoms with E-state index in [1.54, 1.807) is 6.07 Å². The Hall–Kier alpha value is -1.29. The Labute approximate surface area is 102 Å². The van der Waals surface area contributed by atoms with E-state index in [1.165, 1.54) is 0 Å². The number of hydrogen-bond donors (Lipinski definition) is 1. The van der Waals surface area contributed by atoms with Gasteiger partial charge in [0.2, 0.25) is 0 Å². The van der Waals surface area contributed by atoms with Crippen molar-refractivity contribution in [3.05, 3.63) is 50.3 Å². The summed E-state index contributed by atoms with van der Waals surface area (Å²) in [5.74, 6) is 0. The Kier molecular flexibility index (Phi) is 3.01. The second-order valence-electron chi connectivity index (χ2n) is 3.73. The fourth-order valence-corrected chi connectivity index (χ4v) is 1.94. The van der Waals surface area contributed by atoms with Crippen LogP contribution in [0.25, 0.3) is 5.69 Å². The molecule has 0 amide bonds. The zero-order chi connectivity index (χ0) is 11.7. The van der Waals surface area contributed by atoms with Crippen molar-refractivity contribution < 1.29 is 0 Å². The Bertz CT molecular complexity index is 569. The molecule has 2 aromatic rings. The van der Waals surface area contributed by atoms with Crippen molar-refractivity contribution in [1.29, 1.82) is 0 Å². The highest BCUT2D eigenvalue weighted by molar-refractivity contribution is 9.10. The van der Waals surface area contributed by atoms with Gasteiger partial charge in [-0.1, -0.05) is 22.9 Å². The number of benzene rings is 1. The van der Waals surface area contributed by atoms with Crippen molar-refractivity contribution in [2.75, 3.05) is 0 Å². The number of nitrogens with zero attached hydrogens (tertiary/aromatic N) is 1. The maximum absolute atomic E-state index is 11.3. The monoisotopic (exact) mass is 280 g/mol. The molecule has 0 atom stereocenters. The summed E-state index contributed by atoms with van der Waals surface area (Å²) in [5, 5.41) is 2.80. The van der Waals surface area contributed by atoms with Crippen LogP contribution in [0.2, 0.25) is 0 Å². The van der Waals surface area contributed by atoms with E-state index in [4.69, 9.17) is 0 Å². The molecule has 0 saturated heterocycles. The van der Waals surface area contributed by atoms with Gasteiger partial charge in [-0.25, -0.2) is 0 Å². The van der Waals surface area contributed by atoms with Crippen LogP contribution in [0.15, 0.2) is 33.5 Å². The molecule has 0 aliphatic rings. The third-order valence-electron chi connectivity index (χ3n) is 2.57. The van der Waals surface area contributed by atoms with Crippen LogP contribution in [0.4, 0.5) is 0 Å². The average molecular weight is 281 g/mol. The lowest BCUT2D eigenvalue weighted by Gasteiger charge is -2.08. The normalized spacial score (nSPS) is 10.7. The summed E-state index contributed by atoms with van der Waals surface area (Å²) in [7, 11) is 0. The molecule has 0 unspecified atom stereocenters. The maximum atomic E-state index is 11.3. The first kappa shape index (κ1) is 11.2. The zero-order valence-corrected chi connectivity index (χ0v) is 10.8. The molecule has 0 bridgehead atoms. The molecule has 1 heterocycles. The molecule has 84 valence electrons. The standard InChI is InChI=1S/C12H13BrN2O/c1-3-9-7-12(16)14-15(9)10-4-5-11(13)8(2)6-10/h4-7H,3H2,1-2H3,(H,14,16). The number of aromatic amines is 1. The molecule has 0 fully saturated rings. The lowest BCUT2D eigenvalue weighted by Crippen LogP contribution is -2.05. The highest BCUT2D eigenvalue weighted by Gasteiger charge is 2.05. The van der Waals surface area contributed by atoms with Gasteiger partial charge >= 0.3 is 0 Å². The minimum atomic E-state index is -0.0579. The number of halogens is 1. The van der Waals surface area contributed by atoms with Crippen molar-refractivity contribution in [2.45, 2.75) is 20.3 Å². The third kappa shape index (κ3) is 1.97. The summed E-state index contributed by atoms with van der Waals surface area (Å²) in [5.41, 5.74) is 3.07. The molecule has 1 aromatic heterocycles. The van der Waals surface area contributed by atoms with E-state index in [-0.39, 0.29) is 5.56 Å². The fourth-order valence-electron chi connectivity index (χ4n) is 1.69. The Morgan fingerprint density at radius 2 is 2.12 bits per heavy atom. The largest absolute Gasteiger partial charge is 0.268 e. The highest BCUT2D eigenvalue weighted by Crippen LogP contribution is 2.19. The van der Waals surface area contributed by atoms with Crippen LogP contribution in [-0.4, -0.2) is 9.78 Å². The number of aryl methyl sites for hydroxylation is 2. The van der Waals surface area contributed by atoms with E-state index >= 15 is 0 Å². The first-order valence-corrected chi connectivity index (χ1v) is 5.98. The number of hydrogen-bond acceptors (Lipinski definition) is 1. The smallest absolute Gasteiger partial charge is 0.264 e. The van der Waals surface area contributed by atoms with Crippen LogP contribution in [0.3, 0.4) is 0 Å². The van der Waals surface area contributed by atoms with Crippen LogP contribution < -0.4 is 5.56 Å². The molecule has 3 nitrogen and oxygen atoms in total. The molecule has 0 spiro atoms. The predicted octanol–water partition coefficient (Wildman–Crippen LogP) is 2.80. The first-order valence-electron chi connectivity index (χ1n) is 5.19. The predicted molar refractivity (Wildman–Crippen MR) is 68.2 cm³/mol. The maximum Gasteiger partial charge on any atom is 0.264 e. The molecule has 4 heteroatoms. The number of rotatable bonds is 2. The number of aromatic nitrogens is 2. The van der Waals surface area contributed by atoms with Gasteiger partial charge in [0.15, 0.2) is 0 Å². The number of H-pyrrole nitrogens is 1. The Morgan fingerprint density at radius 1 is 1.38 bits per heavy atom. The molecule has 0 radical (unpaired) electrons. The van der Waals surface area contributed by atoms with Gasteiger partial charge in [-0.3, -0.25) is 14.6 Å². The summed E-state index contributed by atoms with van der Waals surface area (Å²) < 4.78 is 2.91. The van der Waals surface area contributed by atoms with Crippen LogP contribution in [0.1, 0.15) is 18.2 Å². The summed E-state index contributed by atoms with van der Waals surface area (Å²) >= 11 is 3.46. The lowest BCUT2D eigenvalue weighted by molar-refractivity contribution is 0.804. The van der Waals surface area contributed by atoms with Gasteiger partial charge in [-0.15, -0.1) is 0 Å². The van der Waals surface area contributed by atoms with E-state index < -0.39 is 0 Å². The van der Waals surface area contributed by atoms with E-state index in [2.05, 4.69) is 21.0 Å². The molecule has 1 N–H and O–H groups in total. The summed E-state index contributed by atoms with van der Waals surface area (Å²) in [4.78, 5) is 11.3. The van der Waals surface area contributed by atoms with Gasteiger partial charge in [0.25, 0.3) is 5.56 Å². The molecule has 2 rings (SSSR count). The lowest BCUT2D eigenvalue weighted by atomic mass is 10.2. The van der Waals surface area contributed by atoms with Crippen molar-refractivity contribution in [3.63, 3.8) is 0 Å². The Morgan fingerprint density at radius 3 is 2.75 bits per heavy atom. The van der Waals surface area contributed by atoms with E-state index in [1.807, 2.05) is 36.7 Å². The summed E-state index contributed by atoms with van der Waals surface area (Å²) in [6.07, 6.45) is 0.827. The van der Waals surface area contributed by atoms with Crippen molar-refractivity contribution in [3.8, 4) is 5.69 Å². The minimum absolute atomic E-state index is 0.0579. The van der Waals surface area contributed by atoms with Gasteiger partial charge in [0.1, 0.15) is 0 Å². The highest BCUT2D eigenvalue weighted by atomic mass is 79.9. The zero-order valence-electron chi connectivity index (χ0n) is 9.25. The van der Waals surface area contributed by atoms with Crippen LogP contribution >= 0.6 is 15.9 Å². The topological polar surface area (TPSA) is 37.8 Å². The molecule has 1 aromatic carbocycles. The number of nitrogens with one attached hydrogen (secondary N) is 1. The van der Waals surface area contributed by atoms with E-state index in [0.29, 0.717) is 0 Å². The van der Waals surface area contributed by atoms with Gasteiger partial charge in [0.05, 0.1) is 5.69 Å². The van der Waals surface area contributed by atoms with Crippen molar-refractivity contribution in [2.24, 2.45) is 0 Å². The molecular formula is C12H13BrN2O. The quantitative estimate of drug-likeness (QED) is 0.903. The van der Waals surface area contributed by atoms with Crippen LogP contribution in [0, 0.1) is 6.92 Å². The minimum Gasteiger partial charge on any atom is -0.268 e. The van der Waals surface area contributed by atoms with Crippen LogP contribution in [0.5, 0.6) is 0 Å². The molecule has 0 aliphatic carbocycles. The Balaban J connectivity index is 2.57. The molecule has 16 heavy (non-hydrogen) atoms. The molecule has 0 aliphatic heterocycles. The second-order valence-corrected chi connectivity index (χ2v) is 4.59. The average Bonchev–Trinajstić information content (AvgIpc) is 2.63. The van der Waals surface area contributed by atoms with Gasteiger partial charge < -0.3 is 0 Å². The third-order valence-corrected chi connectivity index (χ3v) is 3.46. The van der Waals surface area contributed by atoms with E-state index in [0.717, 1.165) is 27.8 Å². The SMILES string of the molecule is CCc1cc(=O)[nH]n1-c1ccc(Br)c(C)c1. The molecular weight excluding hydrogens is 268 g/mol. The van der Waals surface area contributed by atoms with Gasteiger partial charge in [-0.05, 0) is 37.1 Å². The van der Waals surface area contributed by atoms with Crippen LogP contribution in [-0.2, 0) is 6.42 Å². The van der Waals surface area contributed by atoms with Gasteiger partial charge in [0, 0.05) is 16.2 Å². The fraction of sp³-hybridized carbons (Fsp3) is 0.250. The van der Waals surface area contributed by atoms with Crippen molar-refractivity contribution in [1.82, 2.24) is 9.78 Å². The second kappa shape index (κ2) is 4.29. The van der Waals surface area contributed by atoms with Crippen molar-refractivity contribution >= 4 is 15.9 Å². The summed E-state index contributed by atoms with van der Waals surface area (Å²) in [6, 6.07) is 7.64. The van der Waals surface area contributed by atoms with Gasteiger partial charge in [-0.2, -0.15) is 0 Å². The summed E-state index contributed by atoms with van der Waals surface area (Å²) in [6.45, 7) is 4.06.